The molecule has 0 bridgehead atoms. The number of imidazole rings is 1. The van der Waals surface area contributed by atoms with Gasteiger partial charge in [-0.1, -0.05) is 29.8 Å². The maximum Gasteiger partial charge on any atom is 0.191 e. The highest BCUT2D eigenvalue weighted by Gasteiger charge is 1.98. The second-order valence-corrected chi connectivity index (χ2v) is 5.00. The Balaban J connectivity index is 0.00000242. The van der Waals surface area contributed by atoms with Gasteiger partial charge in [-0.05, 0) is 18.9 Å². The highest BCUT2D eigenvalue weighted by molar-refractivity contribution is 14.0. The molecule has 1 aromatic carbocycles. The van der Waals surface area contributed by atoms with Crippen LogP contribution >= 0.6 is 24.0 Å². The number of rotatable bonds is 6. The molecule has 6 heteroatoms. The number of halogens is 1. The van der Waals surface area contributed by atoms with Crippen LogP contribution in [0.3, 0.4) is 0 Å². The molecule has 0 radical (unpaired) electrons. The largest absolute Gasteiger partial charge is 0.356 e. The van der Waals surface area contributed by atoms with E-state index in [2.05, 4.69) is 56.4 Å². The van der Waals surface area contributed by atoms with Crippen LogP contribution in [-0.2, 0) is 13.1 Å². The molecule has 5 nitrogen and oxygen atoms in total. The molecule has 1 heterocycles. The summed E-state index contributed by atoms with van der Waals surface area (Å²) < 4.78 is 2.07. The van der Waals surface area contributed by atoms with Gasteiger partial charge in [0, 0.05) is 39.1 Å². The van der Waals surface area contributed by atoms with Crippen LogP contribution in [0.4, 0.5) is 0 Å². The van der Waals surface area contributed by atoms with Crippen molar-refractivity contribution in [2.45, 2.75) is 26.4 Å². The van der Waals surface area contributed by atoms with E-state index in [9.17, 15) is 0 Å². The van der Waals surface area contributed by atoms with Crippen LogP contribution in [0.15, 0.2) is 48.0 Å². The zero-order valence-corrected chi connectivity index (χ0v) is 15.5. The van der Waals surface area contributed by atoms with Gasteiger partial charge in [0.25, 0.3) is 0 Å². The summed E-state index contributed by atoms with van der Waals surface area (Å²) in [6, 6.07) is 8.48. The van der Waals surface area contributed by atoms with E-state index in [-0.39, 0.29) is 24.0 Å². The summed E-state index contributed by atoms with van der Waals surface area (Å²) in [5.41, 5.74) is 2.54. The molecule has 0 aliphatic rings. The van der Waals surface area contributed by atoms with Crippen molar-refractivity contribution >= 4 is 29.9 Å². The lowest BCUT2D eigenvalue weighted by molar-refractivity contribution is 0.624. The number of nitrogens with one attached hydrogen (secondary N) is 2. The highest BCUT2D eigenvalue weighted by Crippen LogP contribution is 2.02. The van der Waals surface area contributed by atoms with Gasteiger partial charge < -0.3 is 15.2 Å². The summed E-state index contributed by atoms with van der Waals surface area (Å²) in [6.45, 7) is 4.73. The number of benzene rings is 1. The Labute approximate surface area is 149 Å². The van der Waals surface area contributed by atoms with Gasteiger partial charge in [-0.25, -0.2) is 4.98 Å². The van der Waals surface area contributed by atoms with Gasteiger partial charge >= 0.3 is 0 Å². The Bertz CT molecular complexity index is 566. The standard InChI is InChI=1S/C16H23N5.HI/c1-14-5-3-6-15(11-14)12-20-16(17-2)19-7-4-9-21-10-8-18-13-21;/h3,5-6,8,10-11,13H,4,7,9,12H2,1-2H3,(H2,17,19,20);1H. The SMILES string of the molecule is CN=C(NCCCn1ccnc1)NCc1cccc(C)c1.I. The Morgan fingerprint density at radius 3 is 2.86 bits per heavy atom. The third kappa shape index (κ3) is 6.46. The van der Waals surface area contributed by atoms with Crippen LogP contribution in [0.1, 0.15) is 17.5 Å². The molecule has 1 aromatic heterocycles. The van der Waals surface area contributed by atoms with E-state index in [4.69, 9.17) is 0 Å². The number of aryl methyl sites for hydroxylation is 2. The lowest BCUT2D eigenvalue weighted by Gasteiger charge is -2.12. The summed E-state index contributed by atoms with van der Waals surface area (Å²) in [4.78, 5) is 8.26. The molecule has 2 N–H and O–H groups in total. The summed E-state index contributed by atoms with van der Waals surface area (Å²) in [6.07, 6.45) is 6.65. The van der Waals surface area contributed by atoms with E-state index in [1.54, 1.807) is 13.2 Å². The lowest BCUT2D eigenvalue weighted by Crippen LogP contribution is -2.37. The molecule has 0 amide bonds. The molecule has 0 atom stereocenters. The van der Waals surface area contributed by atoms with E-state index in [1.165, 1.54) is 11.1 Å². The molecule has 0 saturated heterocycles. The molecule has 22 heavy (non-hydrogen) atoms. The van der Waals surface area contributed by atoms with E-state index in [0.29, 0.717) is 0 Å². The fourth-order valence-corrected chi connectivity index (χ4v) is 2.12. The second kappa shape index (κ2) is 10.2. The van der Waals surface area contributed by atoms with E-state index >= 15 is 0 Å². The predicted molar refractivity (Wildman–Crippen MR) is 102 cm³/mol. The van der Waals surface area contributed by atoms with E-state index in [1.807, 2.05) is 12.5 Å². The van der Waals surface area contributed by atoms with Gasteiger partial charge in [-0.3, -0.25) is 4.99 Å². The minimum Gasteiger partial charge on any atom is -0.356 e. The second-order valence-electron chi connectivity index (χ2n) is 5.00. The van der Waals surface area contributed by atoms with Crippen molar-refractivity contribution in [2.24, 2.45) is 4.99 Å². The molecule has 0 aliphatic heterocycles. The van der Waals surface area contributed by atoms with Crippen molar-refractivity contribution in [3.8, 4) is 0 Å². The third-order valence-electron chi connectivity index (χ3n) is 3.21. The van der Waals surface area contributed by atoms with Crippen LogP contribution in [0, 0.1) is 6.92 Å². The van der Waals surface area contributed by atoms with Crippen molar-refractivity contribution in [2.75, 3.05) is 13.6 Å². The van der Waals surface area contributed by atoms with Crippen molar-refractivity contribution in [1.29, 1.82) is 0 Å². The monoisotopic (exact) mass is 413 g/mol. The van der Waals surface area contributed by atoms with Crippen LogP contribution in [0.5, 0.6) is 0 Å². The first kappa shape index (κ1) is 18.5. The molecule has 2 rings (SSSR count). The molecular weight excluding hydrogens is 389 g/mol. The first-order valence-electron chi connectivity index (χ1n) is 7.24. The minimum absolute atomic E-state index is 0. The quantitative estimate of drug-likeness (QED) is 0.331. The van der Waals surface area contributed by atoms with Crippen LogP contribution in [0.25, 0.3) is 0 Å². The molecule has 120 valence electrons. The third-order valence-corrected chi connectivity index (χ3v) is 3.21. The number of aromatic nitrogens is 2. The number of hydrogen-bond donors (Lipinski definition) is 2. The van der Waals surface area contributed by atoms with Crippen LogP contribution in [-0.4, -0.2) is 29.1 Å². The van der Waals surface area contributed by atoms with Crippen molar-refractivity contribution in [3.63, 3.8) is 0 Å². The van der Waals surface area contributed by atoms with Crippen molar-refractivity contribution in [3.05, 3.63) is 54.1 Å². The maximum absolute atomic E-state index is 4.24. The lowest BCUT2D eigenvalue weighted by atomic mass is 10.1. The first-order valence-corrected chi connectivity index (χ1v) is 7.24. The Morgan fingerprint density at radius 2 is 2.18 bits per heavy atom. The summed E-state index contributed by atoms with van der Waals surface area (Å²) >= 11 is 0. The summed E-state index contributed by atoms with van der Waals surface area (Å²) in [7, 11) is 1.79. The van der Waals surface area contributed by atoms with Crippen molar-refractivity contribution in [1.82, 2.24) is 20.2 Å². The maximum atomic E-state index is 4.24. The average Bonchev–Trinajstić information content (AvgIpc) is 3.00. The van der Waals surface area contributed by atoms with Crippen LogP contribution < -0.4 is 10.6 Å². The van der Waals surface area contributed by atoms with Gasteiger partial charge in [0.2, 0.25) is 0 Å². The van der Waals surface area contributed by atoms with Crippen LogP contribution in [0.2, 0.25) is 0 Å². The average molecular weight is 413 g/mol. The Hall–Kier alpha value is -1.57. The number of guanidine groups is 1. The van der Waals surface area contributed by atoms with Gasteiger partial charge in [-0.15, -0.1) is 24.0 Å². The summed E-state index contributed by atoms with van der Waals surface area (Å²) in [5.74, 6) is 0.835. The highest BCUT2D eigenvalue weighted by atomic mass is 127. The topological polar surface area (TPSA) is 54.2 Å². The number of nitrogens with zero attached hydrogens (tertiary/aromatic N) is 3. The van der Waals surface area contributed by atoms with Gasteiger partial charge in [-0.2, -0.15) is 0 Å². The fraction of sp³-hybridized carbons (Fsp3) is 0.375. The zero-order valence-electron chi connectivity index (χ0n) is 13.1. The molecule has 0 spiro atoms. The zero-order chi connectivity index (χ0) is 14.9. The molecule has 0 aliphatic carbocycles. The van der Waals surface area contributed by atoms with Gasteiger partial charge in [0.15, 0.2) is 5.96 Å². The summed E-state index contributed by atoms with van der Waals surface area (Å²) in [5, 5.41) is 6.65. The Kier molecular flexibility index (Phi) is 8.57. The molecule has 2 aromatic rings. The molecular formula is C16H24IN5. The van der Waals surface area contributed by atoms with Gasteiger partial charge in [0.05, 0.1) is 6.33 Å². The smallest absolute Gasteiger partial charge is 0.191 e. The molecule has 0 unspecified atom stereocenters. The normalized spacial score (nSPS) is 10.9. The number of aliphatic imine (C=N–C) groups is 1. The van der Waals surface area contributed by atoms with E-state index < -0.39 is 0 Å². The predicted octanol–water partition coefficient (Wildman–Crippen LogP) is 2.56. The molecule has 0 saturated carbocycles. The van der Waals surface area contributed by atoms with E-state index in [0.717, 1.165) is 32.0 Å². The first-order chi connectivity index (χ1) is 10.3. The fourth-order valence-electron chi connectivity index (χ4n) is 2.12. The van der Waals surface area contributed by atoms with Gasteiger partial charge in [0.1, 0.15) is 0 Å². The minimum atomic E-state index is 0. The molecule has 0 fully saturated rings. The Morgan fingerprint density at radius 1 is 1.32 bits per heavy atom. The number of hydrogen-bond acceptors (Lipinski definition) is 2. The van der Waals surface area contributed by atoms with Crippen molar-refractivity contribution < 1.29 is 0 Å².